The van der Waals surface area contributed by atoms with Crippen LogP contribution in [0.15, 0.2) is 54.6 Å². The fourth-order valence-electron chi connectivity index (χ4n) is 2.82. The topological polar surface area (TPSA) is 67.2 Å². The second-order valence-electron chi connectivity index (χ2n) is 6.04. The summed E-state index contributed by atoms with van der Waals surface area (Å²) in [5.41, 5.74) is 2.49. The summed E-state index contributed by atoms with van der Waals surface area (Å²) in [6.45, 7) is 4.13. The van der Waals surface area contributed by atoms with E-state index in [1.807, 2.05) is 49.4 Å². The third kappa shape index (κ3) is 5.14. The Morgan fingerprint density at radius 1 is 1.22 bits per heavy atom. The fourth-order valence-corrected chi connectivity index (χ4v) is 3.00. The van der Waals surface area contributed by atoms with Gasteiger partial charge in [-0.25, -0.2) is 0 Å². The molecule has 0 saturated carbocycles. The van der Waals surface area contributed by atoms with Gasteiger partial charge in [-0.3, -0.25) is 4.68 Å². The zero-order chi connectivity index (χ0) is 18.7. The molecule has 0 N–H and O–H groups in total. The number of aromatic carboxylic acids is 1. The minimum atomic E-state index is -1.30. The smallest absolute Gasteiger partial charge is 0.543 e. The van der Waals surface area contributed by atoms with Gasteiger partial charge in [0.25, 0.3) is 0 Å². The Kier molecular flexibility index (Phi) is 7.50. The summed E-state index contributed by atoms with van der Waals surface area (Å²) in [6, 6.07) is 16.5. The second-order valence-corrected chi connectivity index (χ2v) is 6.47. The maximum Gasteiger partial charge on any atom is 1.00 e. The normalized spacial score (nSPS) is 11.5. The molecule has 7 heteroatoms. The van der Waals surface area contributed by atoms with E-state index in [1.165, 1.54) is 6.07 Å². The molecular formula is C20H18ClN2NaO3. The molecule has 3 aromatic rings. The maximum atomic E-state index is 11.1. The number of aryl methyl sites for hydroxylation is 1. The molecule has 0 aliphatic carbocycles. The van der Waals surface area contributed by atoms with Gasteiger partial charge in [0.05, 0.1) is 12.0 Å². The summed E-state index contributed by atoms with van der Waals surface area (Å²) in [4.78, 5) is 11.1. The molecule has 0 aliphatic heterocycles. The molecular weight excluding hydrogens is 375 g/mol. The average Bonchev–Trinajstić information content (AvgIpc) is 3.03. The number of carbonyl (C=O) groups is 1. The molecule has 0 spiro atoms. The van der Waals surface area contributed by atoms with Crippen LogP contribution in [0.5, 0.6) is 5.75 Å². The van der Waals surface area contributed by atoms with Gasteiger partial charge in [0.2, 0.25) is 0 Å². The SMILES string of the molecule is Cc1cc(C(=O)[O-])nn1C(C)c1cc(Cl)ccc1OCc1ccccc1.[Na+]. The van der Waals surface area contributed by atoms with Crippen LogP contribution in [0.3, 0.4) is 0 Å². The number of carboxylic acid groups (broad SMARTS) is 1. The molecule has 0 fully saturated rings. The summed E-state index contributed by atoms with van der Waals surface area (Å²) in [7, 11) is 0. The molecule has 3 rings (SSSR count). The van der Waals surface area contributed by atoms with E-state index in [1.54, 1.807) is 17.7 Å². The van der Waals surface area contributed by atoms with Crippen LogP contribution in [0, 0.1) is 6.92 Å². The van der Waals surface area contributed by atoms with Gasteiger partial charge in [-0.1, -0.05) is 41.9 Å². The molecule has 2 aromatic carbocycles. The van der Waals surface area contributed by atoms with Crippen LogP contribution in [-0.2, 0) is 6.61 Å². The molecule has 0 radical (unpaired) electrons. The summed E-state index contributed by atoms with van der Waals surface area (Å²) in [5, 5.41) is 15.8. The van der Waals surface area contributed by atoms with E-state index in [2.05, 4.69) is 5.10 Å². The predicted molar refractivity (Wildman–Crippen MR) is 97.3 cm³/mol. The Morgan fingerprint density at radius 2 is 1.93 bits per heavy atom. The Hall–Kier alpha value is -1.79. The van der Waals surface area contributed by atoms with Crippen LogP contribution in [0.4, 0.5) is 0 Å². The van der Waals surface area contributed by atoms with Gasteiger partial charge in [-0.05, 0) is 43.7 Å². The Labute approximate surface area is 185 Å². The summed E-state index contributed by atoms with van der Waals surface area (Å²) in [5.74, 6) is -0.624. The van der Waals surface area contributed by atoms with Crippen molar-refractivity contribution in [2.24, 2.45) is 0 Å². The number of halogens is 1. The third-order valence-corrected chi connectivity index (χ3v) is 4.39. The van der Waals surface area contributed by atoms with Crippen molar-refractivity contribution in [2.45, 2.75) is 26.5 Å². The van der Waals surface area contributed by atoms with Crippen molar-refractivity contribution >= 4 is 17.6 Å². The summed E-state index contributed by atoms with van der Waals surface area (Å²) in [6.07, 6.45) is 0. The molecule has 0 aliphatic rings. The number of benzene rings is 2. The van der Waals surface area contributed by atoms with Crippen LogP contribution < -0.4 is 39.4 Å². The van der Waals surface area contributed by atoms with Crippen LogP contribution in [0.25, 0.3) is 0 Å². The van der Waals surface area contributed by atoms with E-state index in [0.29, 0.717) is 23.1 Å². The first-order chi connectivity index (χ1) is 12.5. The van der Waals surface area contributed by atoms with Crippen molar-refractivity contribution in [3.05, 3.63) is 82.1 Å². The maximum absolute atomic E-state index is 11.1. The minimum Gasteiger partial charge on any atom is -0.543 e. The number of carboxylic acids is 1. The van der Waals surface area contributed by atoms with Crippen LogP contribution >= 0.6 is 11.6 Å². The van der Waals surface area contributed by atoms with Gasteiger partial charge in [0.1, 0.15) is 18.1 Å². The molecule has 1 heterocycles. The first-order valence-corrected chi connectivity index (χ1v) is 8.57. The van der Waals surface area contributed by atoms with Gasteiger partial charge in [-0.2, -0.15) is 5.10 Å². The van der Waals surface area contributed by atoms with Crippen molar-refractivity contribution in [1.82, 2.24) is 9.78 Å². The van der Waals surface area contributed by atoms with E-state index in [0.717, 1.165) is 11.1 Å². The molecule has 1 unspecified atom stereocenters. The number of nitrogens with zero attached hydrogens (tertiary/aromatic N) is 2. The van der Waals surface area contributed by atoms with Crippen molar-refractivity contribution in [1.29, 1.82) is 0 Å². The van der Waals surface area contributed by atoms with Crippen molar-refractivity contribution < 1.29 is 44.2 Å². The molecule has 0 amide bonds. The fraction of sp³-hybridized carbons (Fsp3) is 0.200. The van der Waals surface area contributed by atoms with E-state index >= 15 is 0 Å². The zero-order valence-corrected chi connectivity index (χ0v) is 18.2. The van der Waals surface area contributed by atoms with E-state index < -0.39 is 5.97 Å². The zero-order valence-electron chi connectivity index (χ0n) is 15.5. The molecule has 27 heavy (non-hydrogen) atoms. The summed E-state index contributed by atoms with van der Waals surface area (Å²) >= 11 is 6.17. The van der Waals surface area contributed by atoms with Gasteiger partial charge < -0.3 is 14.6 Å². The van der Waals surface area contributed by atoms with Gasteiger partial charge in [0.15, 0.2) is 0 Å². The number of hydrogen-bond acceptors (Lipinski definition) is 4. The van der Waals surface area contributed by atoms with Gasteiger partial charge in [-0.15, -0.1) is 0 Å². The molecule has 134 valence electrons. The van der Waals surface area contributed by atoms with Crippen molar-refractivity contribution in [3.63, 3.8) is 0 Å². The minimum absolute atomic E-state index is 0. The molecule has 5 nitrogen and oxygen atoms in total. The molecule has 0 saturated heterocycles. The van der Waals surface area contributed by atoms with Gasteiger partial charge >= 0.3 is 29.6 Å². The summed E-state index contributed by atoms with van der Waals surface area (Å²) < 4.78 is 7.62. The molecule has 1 aromatic heterocycles. The quantitative estimate of drug-likeness (QED) is 0.570. The van der Waals surface area contributed by atoms with Crippen LogP contribution in [0.2, 0.25) is 5.02 Å². The van der Waals surface area contributed by atoms with E-state index in [4.69, 9.17) is 16.3 Å². The third-order valence-electron chi connectivity index (χ3n) is 4.16. The average molecular weight is 393 g/mol. The number of carbonyl (C=O) groups excluding carboxylic acids is 1. The molecule has 0 bridgehead atoms. The standard InChI is InChI=1S/C20H19ClN2O3.Na/c1-13-10-18(20(24)25)22-23(13)14(2)17-11-16(21)8-9-19(17)26-12-15-6-4-3-5-7-15;/h3-11,14H,12H2,1-2H3,(H,24,25);/q;+1/p-1. The second kappa shape index (κ2) is 9.42. The van der Waals surface area contributed by atoms with Crippen LogP contribution in [-0.4, -0.2) is 15.7 Å². The number of ether oxygens (including phenoxy) is 1. The largest absolute Gasteiger partial charge is 1.00 e. The van der Waals surface area contributed by atoms with Crippen LogP contribution in [0.1, 0.15) is 40.3 Å². The predicted octanol–water partition coefficient (Wildman–Crippen LogP) is 0.401. The number of rotatable bonds is 6. The number of hydrogen-bond donors (Lipinski definition) is 0. The van der Waals surface area contributed by atoms with Crippen molar-refractivity contribution in [3.8, 4) is 5.75 Å². The first kappa shape index (κ1) is 21.5. The monoisotopic (exact) mass is 392 g/mol. The van der Waals surface area contributed by atoms with Gasteiger partial charge in [0, 0.05) is 16.3 Å². The Bertz CT molecular complexity index is 928. The van der Waals surface area contributed by atoms with E-state index in [9.17, 15) is 9.90 Å². The molecule has 1 atom stereocenters. The van der Waals surface area contributed by atoms with E-state index in [-0.39, 0.29) is 41.3 Å². The first-order valence-electron chi connectivity index (χ1n) is 8.19. The Balaban J connectivity index is 0.00000261. The Morgan fingerprint density at radius 3 is 2.56 bits per heavy atom. The van der Waals surface area contributed by atoms with Crippen molar-refractivity contribution in [2.75, 3.05) is 0 Å². The number of aromatic nitrogens is 2.